The summed E-state index contributed by atoms with van der Waals surface area (Å²) >= 11 is 0. The molecule has 1 rings (SSSR count). The lowest BCUT2D eigenvalue weighted by atomic mass is 10.0. The molecule has 0 unspecified atom stereocenters. The highest BCUT2D eigenvalue weighted by molar-refractivity contribution is 6.13. The van der Waals surface area contributed by atoms with Crippen LogP contribution in [-0.4, -0.2) is 52.9 Å². The molecule has 0 spiro atoms. The fourth-order valence-electron chi connectivity index (χ4n) is 2.05. The number of Topliss-reactive ketones (excluding diaryl/α,β-unsaturated/α-hetero) is 1. The quantitative estimate of drug-likeness (QED) is 0.605. The van der Waals surface area contributed by atoms with E-state index in [9.17, 15) is 24.0 Å². The largest absolute Gasteiger partial charge is 0.345 e. The highest BCUT2D eigenvalue weighted by Gasteiger charge is 2.27. The zero-order valence-electron chi connectivity index (χ0n) is 14.3. The fraction of sp³-hybridized carbons (Fsp3) is 0.562. The van der Waals surface area contributed by atoms with Gasteiger partial charge in [-0.15, -0.1) is 0 Å². The van der Waals surface area contributed by atoms with Gasteiger partial charge in [-0.1, -0.05) is 13.8 Å². The Labute approximate surface area is 143 Å². The number of rotatable bonds is 8. The van der Waals surface area contributed by atoms with Crippen molar-refractivity contribution in [2.24, 2.45) is 5.92 Å². The van der Waals surface area contributed by atoms with E-state index in [1.54, 1.807) is 20.8 Å². The first-order chi connectivity index (χ1) is 11.1. The number of ketones is 1. The van der Waals surface area contributed by atoms with Gasteiger partial charge in [0.25, 0.3) is 11.8 Å². The van der Waals surface area contributed by atoms with Gasteiger partial charge in [0.15, 0.2) is 5.78 Å². The number of carbonyl (C=O) groups excluding carboxylic acids is 5. The highest BCUT2D eigenvalue weighted by atomic mass is 16.2. The van der Waals surface area contributed by atoms with E-state index in [0.717, 1.165) is 17.1 Å². The van der Waals surface area contributed by atoms with Crippen molar-refractivity contribution in [3.63, 3.8) is 0 Å². The van der Waals surface area contributed by atoms with Crippen LogP contribution in [0.5, 0.6) is 0 Å². The van der Waals surface area contributed by atoms with Gasteiger partial charge in [0.05, 0.1) is 6.04 Å². The lowest BCUT2D eigenvalue weighted by Crippen LogP contribution is -2.53. The highest BCUT2D eigenvalue weighted by Crippen LogP contribution is 2.06. The van der Waals surface area contributed by atoms with E-state index in [4.69, 9.17) is 0 Å². The Balaban J connectivity index is 0. The van der Waals surface area contributed by atoms with E-state index < -0.39 is 35.7 Å². The van der Waals surface area contributed by atoms with Crippen LogP contribution in [-0.2, 0) is 24.0 Å². The molecule has 1 aliphatic rings. The second kappa shape index (κ2) is 8.37. The normalized spacial score (nSPS) is 16.3. The third-order valence-electron chi connectivity index (χ3n) is 3.70. The third kappa shape index (κ3) is 5.29. The Morgan fingerprint density at radius 2 is 1.62 bits per heavy atom. The summed E-state index contributed by atoms with van der Waals surface area (Å²) in [6.07, 6.45) is 2.19. The average molecular weight is 341 g/mol. The second-order valence-electron chi connectivity index (χ2n) is 6.04. The van der Waals surface area contributed by atoms with Crippen molar-refractivity contribution in [1.82, 2.24) is 15.5 Å². The molecule has 0 aromatic heterocycles. The first-order valence-corrected chi connectivity index (χ1v) is 7.77. The predicted molar refractivity (Wildman–Crippen MR) is 89.8 cm³/mol. The van der Waals surface area contributed by atoms with Crippen molar-refractivity contribution in [2.45, 2.75) is 46.2 Å². The van der Waals surface area contributed by atoms with E-state index in [1.807, 2.05) is 0 Å². The zero-order chi connectivity index (χ0) is 18.4. The summed E-state index contributed by atoms with van der Waals surface area (Å²) in [5.41, 5.74) is 0. The lowest BCUT2D eigenvalue weighted by Gasteiger charge is -2.23. The van der Waals surface area contributed by atoms with E-state index >= 15 is 0 Å². The molecule has 24 heavy (non-hydrogen) atoms. The molecule has 0 saturated heterocycles. The Kier molecular flexibility index (Phi) is 6.82. The monoisotopic (exact) mass is 341 g/mol. The van der Waals surface area contributed by atoms with Crippen molar-refractivity contribution in [3.8, 4) is 0 Å². The van der Waals surface area contributed by atoms with Crippen molar-refractivity contribution < 1.29 is 26.8 Å². The summed E-state index contributed by atoms with van der Waals surface area (Å²) in [5, 5.41) is 5.13. The smallest absolute Gasteiger partial charge is 0.253 e. The van der Waals surface area contributed by atoms with Gasteiger partial charge in [0.1, 0.15) is 6.04 Å². The van der Waals surface area contributed by atoms with Crippen molar-refractivity contribution in [2.75, 3.05) is 6.54 Å². The van der Waals surface area contributed by atoms with Crippen LogP contribution >= 0.6 is 0 Å². The SMILES string of the molecule is CC(=O)[C@H](C)NC(=O)[C@@H](NC(=O)CCN1C(=O)C=CC1=O)C(C)C.[HH].[HH]. The molecule has 0 saturated carbocycles. The molecule has 0 aromatic rings. The number of hydrogen-bond acceptors (Lipinski definition) is 5. The summed E-state index contributed by atoms with van der Waals surface area (Å²) in [7, 11) is 0. The van der Waals surface area contributed by atoms with Crippen molar-refractivity contribution >= 4 is 29.4 Å². The maximum atomic E-state index is 12.2. The van der Waals surface area contributed by atoms with Gasteiger partial charge < -0.3 is 10.6 Å². The van der Waals surface area contributed by atoms with Gasteiger partial charge in [0.2, 0.25) is 11.8 Å². The standard InChI is InChI=1S/C16H23N3O5.2H2/c1-9(2)15(16(24)17-10(3)11(4)20)18-12(21)7-8-19-13(22)5-6-14(19)23;;/h5-6,9-10,15H,7-8H2,1-4H3,(H,17,24)(H,18,21);2*1H/t10-,15-;;/m0../s1. The number of amides is 4. The average Bonchev–Trinajstić information content (AvgIpc) is 2.80. The molecule has 0 bridgehead atoms. The molecule has 0 fully saturated rings. The van der Waals surface area contributed by atoms with E-state index in [0.29, 0.717) is 0 Å². The Hall–Kier alpha value is -2.51. The van der Waals surface area contributed by atoms with Crippen LogP contribution in [0, 0.1) is 5.92 Å². The summed E-state index contributed by atoms with van der Waals surface area (Å²) in [6, 6.07) is -1.44. The number of hydrogen-bond donors (Lipinski definition) is 2. The molecule has 136 valence electrons. The summed E-state index contributed by atoms with van der Waals surface area (Å²) < 4.78 is 0. The Morgan fingerprint density at radius 1 is 1.08 bits per heavy atom. The molecule has 0 aromatic carbocycles. The molecule has 1 aliphatic heterocycles. The second-order valence-corrected chi connectivity index (χ2v) is 6.04. The Bertz CT molecular complexity index is 574. The number of nitrogens with one attached hydrogen (secondary N) is 2. The summed E-state index contributed by atoms with van der Waals surface area (Å²) in [4.78, 5) is 59.2. The zero-order valence-corrected chi connectivity index (χ0v) is 14.3. The van der Waals surface area contributed by atoms with Gasteiger partial charge in [-0.2, -0.15) is 0 Å². The van der Waals surface area contributed by atoms with Crippen LogP contribution in [0.4, 0.5) is 0 Å². The van der Waals surface area contributed by atoms with Crippen LogP contribution in [0.3, 0.4) is 0 Å². The molecular weight excluding hydrogens is 314 g/mol. The number of imide groups is 1. The molecule has 0 radical (unpaired) electrons. The molecule has 4 amide bonds. The molecule has 0 aliphatic carbocycles. The minimum absolute atomic E-state index is 0. The van der Waals surface area contributed by atoms with Gasteiger partial charge >= 0.3 is 0 Å². The van der Waals surface area contributed by atoms with Crippen LogP contribution < -0.4 is 10.6 Å². The van der Waals surface area contributed by atoms with E-state index in [-0.39, 0.29) is 27.5 Å². The van der Waals surface area contributed by atoms with Crippen LogP contribution in [0.2, 0.25) is 0 Å². The van der Waals surface area contributed by atoms with Crippen LogP contribution in [0.25, 0.3) is 0 Å². The van der Waals surface area contributed by atoms with Crippen LogP contribution in [0.15, 0.2) is 12.2 Å². The summed E-state index contributed by atoms with van der Waals surface area (Å²) in [6.45, 7) is 6.41. The first kappa shape index (κ1) is 19.5. The molecule has 2 N–H and O–H groups in total. The molecule has 8 heteroatoms. The van der Waals surface area contributed by atoms with Crippen LogP contribution in [0.1, 0.15) is 37.0 Å². The first-order valence-electron chi connectivity index (χ1n) is 7.77. The summed E-state index contributed by atoms with van der Waals surface area (Å²) in [5.74, 6) is -2.19. The molecule has 2 atom stereocenters. The fourth-order valence-corrected chi connectivity index (χ4v) is 2.05. The van der Waals surface area contributed by atoms with Gasteiger partial charge in [-0.25, -0.2) is 0 Å². The minimum atomic E-state index is -0.803. The predicted octanol–water partition coefficient (Wildman–Crippen LogP) is 0.0280. The Morgan fingerprint density at radius 3 is 2.08 bits per heavy atom. The van der Waals surface area contributed by atoms with Crippen molar-refractivity contribution in [3.05, 3.63) is 12.2 Å². The maximum Gasteiger partial charge on any atom is 0.253 e. The number of carbonyl (C=O) groups is 5. The van der Waals surface area contributed by atoms with Gasteiger partial charge in [-0.05, 0) is 19.8 Å². The van der Waals surface area contributed by atoms with Crippen molar-refractivity contribution in [1.29, 1.82) is 0 Å². The molecule has 1 heterocycles. The minimum Gasteiger partial charge on any atom is -0.345 e. The molecule has 8 nitrogen and oxygen atoms in total. The maximum absolute atomic E-state index is 12.2. The van der Waals surface area contributed by atoms with E-state index in [2.05, 4.69) is 10.6 Å². The van der Waals surface area contributed by atoms with E-state index in [1.165, 1.54) is 6.92 Å². The lowest BCUT2D eigenvalue weighted by molar-refractivity contribution is -0.137. The van der Waals surface area contributed by atoms with Gasteiger partial charge in [-0.3, -0.25) is 28.9 Å². The topological polar surface area (TPSA) is 113 Å². The number of nitrogens with zero attached hydrogens (tertiary/aromatic N) is 1. The van der Waals surface area contributed by atoms with Gasteiger partial charge in [0, 0.05) is 28.0 Å². The molecular formula is C16H27N3O5. The third-order valence-corrected chi connectivity index (χ3v) is 3.70.